The molecule has 9 nitrogen and oxygen atoms in total. The van der Waals surface area contributed by atoms with E-state index in [9.17, 15) is 30.3 Å². The first-order chi connectivity index (χ1) is 40.3. The molecule has 1 aliphatic rings. The second-order valence-electron chi connectivity index (χ2n) is 23.6. The molecule has 0 aromatic carbocycles. The molecule has 9 heteroatoms. The Balaban J connectivity index is 2.17. The number of allylic oxidation sites excluding steroid dienone is 16. The molecular formula is C73H129NO8. The molecule has 1 rings (SSSR count). The molecule has 0 saturated carbocycles. The average molecular weight is 1150 g/mol. The van der Waals surface area contributed by atoms with Gasteiger partial charge in [-0.15, -0.1) is 0 Å². The highest BCUT2D eigenvalue weighted by Crippen LogP contribution is 2.23. The predicted octanol–water partition coefficient (Wildman–Crippen LogP) is 18.7. The topological polar surface area (TPSA) is 149 Å². The number of hydrogen-bond donors (Lipinski definition) is 6. The summed E-state index contributed by atoms with van der Waals surface area (Å²) in [6.45, 7) is 3.73. The molecule has 1 heterocycles. The minimum Gasteiger partial charge on any atom is -0.394 e. The average Bonchev–Trinajstić information content (AvgIpc) is 3.53. The standard InChI is InChI=1S/C73H129NO8/c1-3-5-7-9-11-13-15-17-19-21-23-25-27-29-31-32-33-34-35-37-38-40-42-44-46-48-50-52-54-56-58-60-62-67(76)66(65-81-73-72(80)71(79)70(78)68(64-75)82-73)74-69(77)63-61-59-57-55-53-51-49-47-45-43-41-39-36-30-28-26-24-22-20-18-16-14-12-10-8-6-4-2/h6,8,12,14,18,20,24,26,30,36,41,43,47,49,53,55,66-68,70-73,75-76,78-80H,3-5,7,9-11,13,15-17,19,21-23,25,27-29,31-35,37-40,42,44-46,48,50-52,54,56-65H2,1-2H3,(H,74,77)/b8-6-,14-12-,20-18-,26-24-,36-30-,43-41-,49-47-,55-53-. The summed E-state index contributed by atoms with van der Waals surface area (Å²) >= 11 is 0. The Labute approximate surface area is 504 Å². The predicted molar refractivity (Wildman–Crippen MR) is 350 cm³/mol. The van der Waals surface area contributed by atoms with E-state index in [1.165, 1.54) is 186 Å². The molecule has 0 aromatic rings. The molecule has 0 aromatic heterocycles. The first kappa shape index (κ1) is 77.1. The van der Waals surface area contributed by atoms with Gasteiger partial charge in [-0.1, -0.05) is 317 Å². The highest BCUT2D eigenvalue weighted by molar-refractivity contribution is 5.76. The number of rotatable bonds is 59. The van der Waals surface area contributed by atoms with Crippen molar-refractivity contribution in [3.05, 3.63) is 97.2 Å². The fraction of sp³-hybridized carbons (Fsp3) is 0.767. The summed E-state index contributed by atoms with van der Waals surface area (Å²) < 4.78 is 11.3. The summed E-state index contributed by atoms with van der Waals surface area (Å²) in [5.74, 6) is -0.186. The molecule has 7 unspecified atom stereocenters. The van der Waals surface area contributed by atoms with Crippen LogP contribution in [0.3, 0.4) is 0 Å². The zero-order valence-corrected chi connectivity index (χ0v) is 53.0. The molecule has 1 fully saturated rings. The quantitative estimate of drug-likeness (QED) is 0.0261. The highest BCUT2D eigenvalue weighted by Gasteiger charge is 2.44. The summed E-state index contributed by atoms with van der Waals surface area (Å²) in [6, 6.07) is -0.752. The van der Waals surface area contributed by atoms with Crippen LogP contribution in [0.2, 0.25) is 0 Å². The molecule has 1 aliphatic heterocycles. The number of carbonyl (C=O) groups is 1. The lowest BCUT2D eigenvalue weighted by molar-refractivity contribution is -0.302. The van der Waals surface area contributed by atoms with E-state index in [0.29, 0.717) is 19.3 Å². The van der Waals surface area contributed by atoms with Crippen molar-refractivity contribution in [2.75, 3.05) is 13.2 Å². The number of amides is 1. The van der Waals surface area contributed by atoms with Gasteiger partial charge in [-0.3, -0.25) is 4.79 Å². The first-order valence-electron chi connectivity index (χ1n) is 34.4. The van der Waals surface area contributed by atoms with E-state index >= 15 is 0 Å². The van der Waals surface area contributed by atoms with Crippen molar-refractivity contribution in [3.8, 4) is 0 Å². The van der Waals surface area contributed by atoms with Crippen molar-refractivity contribution in [2.45, 2.75) is 346 Å². The van der Waals surface area contributed by atoms with Crippen molar-refractivity contribution >= 4 is 5.91 Å². The molecule has 0 bridgehead atoms. The molecule has 7 atom stereocenters. The Bertz CT molecular complexity index is 1620. The van der Waals surface area contributed by atoms with E-state index in [1.54, 1.807) is 0 Å². The molecule has 0 aliphatic carbocycles. The summed E-state index contributed by atoms with van der Waals surface area (Å²) in [5, 5.41) is 54.9. The molecule has 474 valence electrons. The smallest absolute Gasteiger partial charge is 0.220 e. The fourth-order valence-electron chi connectivity index (χ4n) is 10.6. The van der Waals surface area contributed by atoms with E-state index in [4.69, 9.17) is 9.47 Å². The van der Waals surface area contributed by atoms with Crippen molar-refractivity contribution in [1.82, 2.24) is 5.32 Å². The van der Waals surface area contributed by atoms with Gasteiger partial charge in [-0.25, -0.2) is 0 Å². The zero-order valence-electron chi connectivity index (χ0n) is 53.0. The second kappa shape index (κ2) is 61.2. The number of nitrogens with one attached hydrogen (secondary N) is 1. The van der Waals surface area contributed by atoms with Crippen LogP contribution in [-0.4, -0.2) is 87.5 Å². The van der Waals surface area contributed by atoms with Crippen LogP contribution >= 0.6 is 0 Å². The minimum atomic E-state index is -1.57. The molecular weight excluding hydrogens is 1020 g/mol. The Morgan fingerprint density at radius 3 is 1.10 bits per heavy atom. The van der Waals surface area contributed by atoms with Crippen LogP contribution in [0.5, 0.6) is 0 Å². The van der Waals surface area contributed by atoms with Crippen molar-refractivity contribution in [2.24, 2.45) is 0 Å². The maximum atomic E-state index is 13.1. The normalized spacial score (nSPS) is 18.9. The van der Waals surface area contributed by atoms with Gasteiger partial charge in [-0.05, 0) is 77.0 Å². The van der Waals surface area contributed by atoms with Crippen LogP contribution in [0.25, 0.3) is 0 Å². The van der Waals surface area contributed by atoms with Gasteiger partial charge < -0.3 is 40.3 Å². The Morgan fingerprint density at radius 2 is 0.756 bits per heavy atom. The third-order valence-corrected chi connectivity index (χ3v) is 16.0. The third-order valence-electron chi connectivity index (χ3n) is 16.0. The van der Waals surface area contributed by atoms with E-state index < -0.39 is 49.5 Å². The van der Waals surface area contributed by atoms with Crippen LogP contribution in [0, 0.1) is 0 Å². The maximum Gasteiger partial charge on any atom is 0.220 e. The van der Waals surface area contributed by atoms with Gasteiger partial charge in [0.05, 0.1) is 25.4 Å². The Morgan fingerprint density at radius 1 is 0.427 bits per heavy atom. The summed E-state index contributed by atoms with van der Waals surface area (Å²) in [5.41, 5.74) is 0. The van der Waals surface area contributed by atoms with Gasteiger partial charge in [0, 0.05) is 6.42 Å². The Kier molecular flexibility index (Phi) is 57.6. The van der Waals surface area contributed by atoms with E-state index in [0.717, 1.165) is 83.5 Å². The lowest BCUT2D eigenvalue weighted by Gasteiger charge is -2.40. The van der Waals surface area contributed by atoms with Gasteiger partial charge in [0.1, 0.15) is 24.4 Å². The number of carbonyl (C=O) groups excluding carboxylic acids is 1. The SMILES string of the molecule is CC/C=C\C/C=C\C/C=C\C/C=C\C/C=C\C/C=C\C/C=C\C/C=C\CCCCC(=O)NC(COC1OC(CO)C(O)C(O)C1O)C(O)CCCCCCCCCCCCCCCCCCCCCCCCCCCCCCCCCC. The van der Waals surface area contributed by atoms with Gasteiger partial charge in [0.15, 0.2) is 6.29 Å². The monoisotopic (exact) mass is 1150 g/mol. The molecule has 0 spiro atoms. The number of unbranched alkanes of at least 4 members (excludes halogenated alkanes) is 33. The number of aliphatic hydroxyl groups is 5. The van der Waals surface area contributed by atoms with Gasteiger partial charge in [0.2, 0.25) is 5.91 Å². The largest absolute Gasteiger partial charge is 0.394 e. The van der Waals surface area contributed by atoms with Crippen molar-refractivity contribution < 1.29 is 39.8 Å². The van der Waals surface area contributed by atoms with Gasteiger partial charge in [0.25, 0.3) is 0 Å². The van der Waals surface area contributed by atoms with E-state index in [-0.39, 0.29) is 12.5 Å². The number of hydrogen-bond acceptors (Lipinski definition) is 8. The molecule has 1 amide bonds. The lowest BCUT2D eigenvalue weighted by Crippen LogP contribution is -2.60. The van der Waals surface area contributed by atoms with Crippen LogP contribution in [-0.2, 0) is 14.3 Å². The second-order valence-corrected chi connectivity index (χ2v) is 23.6. The van der Waals surface area contributed by atoms with Crippen molar-refractivity contribution in [3.63, 3.8) is 0 Å². The molecule has 0 radical (unpaired) electrons. The number of aliphatic hydroxyl groups excluding tert-OH is 5. The maximum absolute atomic E-state index is 13.1. The Hall–Kier alpha value is -2.89. The zero-order chi connectivity index (χ0) is 59.3. The van der Waals surface area contributed by atoms with E-state index in [1.807, 2.05) is 0 Å². The van der Waals surface area contributed by atoms with Gasteiger partial charge in [-0.2, -0.15) is 0 Å². The minimum absolute atomic E-state index is 0.161. The molecule has 82 heavy (non-hydrogen) atoms. The lowest BCUT2D eigenvalue weighted by atomic mass is 9.99. The number of ether oxygens (including phenoxy) is 2. The van der Waals surface area contributed by atoms with Crippen LogP contribution < -0.4 is 5.32 Å². The van der Waals surface area contributed by atoms with E-state index in [2.05, 4.69) is 116 Å². The van der Waals surface area contributed by atoms with Gasteiger partial charge >= 0.3 is 0 Å². The van der Waals surface area contributed by atoms with Crippen LogP contribution in [0.1, 0.15) is 303 Å². The molecule has 6 N–H and O–H groups in total. The first-order valence-corrected chi connectivity index (χ1v) is 34.4. The summed E-state index contributed by atoms with van der Waals surface area (Å²) in [6.07, 6.45) is 81.9. The highest BCUT2D eigenvalue weighted by atomic mass is 16.7. The van der Waals surface area contributed by atoms with Crippen LogP contribution in [0.4, 0.5) is 0 Å². The third kappa shape index (κ3) is 49.4. The molecule has 1 saturated heterocycles. The summed E-state index contributed by atoms with van der Waals surface area (Å²) in [7, 11) is 0. The van der Waals surface area contributed by atoms with Crippen LogP contribution in [0.15, 0.2) is 97.2 Å². The fourth-order valence-corrected chi connectivity index (χ4v) is 10.6. The van der Waals surface area contributed by atoms with Crippen molar-refractivity contribution in [1.29, 1.82) is 0 Å². The summed E-state index contributed by atoms with van der Waals surface area (Å²) in [4.78, 5) is 13.1.